The van der Waals surface area contributed by atoms with Gasteiger partial charge in [0.15, 0.2) is 0 Å². The van der Waals surface area contributed by atoms with Crippen molar-refractivity contribution < 1.29 is 14.3 Å². The van der Waals surface area contributed by atoms with E-state index in [1.807, 2.05) is 25.1 Å². The first-order valence-corrected chi connectivity index (χ1v) is 7.51. The number of hydrogen-bond donors (Lipinski definition) is 0. The second-order valence-corrected chi connectivity index (χ2v) is 5.19. The van der Waals surface area contributed by atoms with Crippen LogP contribution in [0.25, 0.3) is 0 Å². The maximum absolute atomic E-state index is 11.9. The molecule has 1 aromatic carbocycles. The van der Waals surface area contributed by atoms with E-state index in [-0.39, 0.29) is 18.2 Å². The van der Waals surface area contributed by atoms with Gasteiger partial charge in [0.1, 0.15) is 0 Å². The fraction of sp³-hybridized carbons (Fsp3) is 0.588. The summed E-state index contributed by atoms with van der Waals surface area (Å²) in [4.78, 5) is 11.9. The number of ether oxygens (including phenoxy) is 2. The molecule has 3 nitrogen and oxygen atoms in total. The van der Waals surface area contributed by atoms with Gasteiger partial charge in [-0.15, -0.1) is 0 Å². The van der Waals surface area contributed by atoms with E-state index in [0.29, 0.717) is 5.56 Å². The minimum atomic E-state index is -0.252. The van der Waals surface area contributed by atoms with Gasteiger partial charge in [-0.05, 0) is 45.2 Å². The van der Waals surface area contributed by atoms with Gasteiger partial charge in [-0.2, -0.15) is 0 Å². The normalized spacial score (nSPS) is 13.8. The fourth-order valence-electron chi connectivity index (χ4n) is 1.87. The molecule has 0 aromatic heterocycles. The Morgan fingerprint density at radius 2 is 1.75 bits per heavy atom. The third-order valence-electron chi connectivity index (χ3n) is 3.20. The molecule has 0 fully saturated rings. The zero-order valence-corrected chi connectivity index (χ0v) is 12.8. The molecule has 0 saturated heterocycles. The molecule has 0 bridgehead atoms. The molecule has 2 atom stereocenters. The number of benzene rings is 1. The van der Waals surface area contributed by atoms with E-state index in [4.69, 9.17) is 9.47 Å². The van der Waals surface area contributed by atoms with E-state index in [9.17, 15) is 4.79 Å². The molecule has 112 valence electrons. The Morgan fingerprint density at radius 1 is 1.10 bits per heavy atom. The number of rotatable bonds is 9. The van der Waals surface area contributed by atoms with Gasteiger partial charge in [-0.25, -0.2) is 4.79 Å². The molecule has 0 N–H and O–H groups in total. The Hall–Kier alpha value is -1.35. The monoisotopic (exact) mass is 278 g/mol. The van der Waals surface area contributed by atoms with Crippen LogP contribution >= 0.6 is 0 Å². The third-order valence-corrected chi connectivity index (χ3v) is 3.20. The van der Waals surface area contributed by atoms with Crippen molar-refractivity contribution in [3.05, 3.63) is 35.9 Å². The molecular weight excluding hydrogens is 252 g/mol. The van der Waals surface area contributed by atoms with Crippen molar-refractivity contribution in [2.75, 3.05) is 6.61 Å². The van der Waals surface area contributed by atoms with Crippen LogP contribution in [0.2, 0.25) is 0 Å². The highest BCUT2D eigenvalue weighted by atomic mass is 16.5. The highest BCUT2D eigenvalue weighted by Crippen LogP contribution is 2.11. The molecule has 1 rings (SSSR count). The summed E-state index contributed by atoms with van der Waals surface area (Å²) in [5, 5.41) is 0. The summed E-state index contributed by atoms with van der Waals surface area (Å²) in [6.07, 6.45) is 4.12. The molecule has 0 aliphatic carbocycles. The minimum absolute atomic E-state index is 0.0834. The lowest BCUT2D eigenvalue weighted by Crippen LogP contribution is -2.18. The summed E-state index contributed by atoms with van der Waals surface area (Å²) >= 11 is 0. The van der Waals surface area contributed by atoms with Crippen molar-refractivity contribution in [2.45, 2.75) is 58.7 Å². The van der Waals surface area contributed by atoms with Gasteiger partial charge >= 0.3 is 5.97 Å². The summed E-state index contributed by atoms with van der Waals surface area (Å²) in [7, 11) is 0. The molecule has 0 unspecified atom stereocenters. The molecule has 0 saturated carbocycles. The van der Waals surface area contributed by atoms with Gasteiger partial charge in [0.25, 0.3) is 0 Å². The van der Waals surface area contributed by atoms with Crippen LogP contribution in [0.15, 0.2) is 30.3 Å². The second-order valence-electron chi connectivity index (χ2n) is 5.19. The van der Waals surface area contributed by atoms with Crippen LogP contribution in [0.1, 0.15) is 56.8 Å². The molecule has 20 heavy (non-hydrogen) atoms. The molecule has 0 aliphatic heterocycles. The summed E-state index contributed by atoms with van der Waals surface area (Å²) in [5.74, 6) is -0.252. The quantitative estimate of drug-likeness (QED) is 0.501. The molecule has 0 aliphatic rings. The van der Waals surface area contributed by atoms with Crippen molar-refractivity contribution in [2.24, 2.45) is 0 Å². The van der Waals surface area contributed by atoms with Crippen molar-refractivity contribution in [1.82, 2.24) is 0 Å². The topological polar surface area (TPSA) is 35.5 Å². The van der Waals surface area contributed by atoms with Gasteiger partial charge in [-0.3, -0.25) is 0 Å². The molecular formula is C17H26O3. The summed E-state index contributed by atoms with van der Waals surface area (Å²) in [6, 6.07) is 9.10. The van der Waals surface area contributed by atoms with Crippen LogP contribution in [-0.2, 0) is 9.47 Å². The van der Waals surface area contributed by atoms with Crippen molar-refractivity contribution in [3.63, 3.8) is 0 Å². The number of esters is 1. The zero-order chi connectivity index (χ0) is 14.8. The van der Waals surface area contributed by atoms with Crippen molar-refractivity contribution in [1.29, 1.82) is 0 Å². The highest BCUT2D eigenvalue weighted by molar-refractivity contribution is 5.89. The van der Waals surface area contributed by atoms with Gasteiger partial charge in [0.05, 0.1) is 17.8 Å². The van der Waals surface area contributed by atoms with Crippen LogP contribution in [0.4, 0.5) is 0 Å². The zero-order valence-electron chi connectivity index (χ0n) is 12.8. The molecule has 0 radical (unpaired) electrons. The lowest BCUT2D eigenvalue weighted by atomic mass is 10.1. The van der Waals surface area contributed by atoms with Crippen LogP contribution in [0, 0.1) is 0 Å². The second kappa shape index (κ2) is 9.54. The maximum Gasteiger partial charge on any atom is 0.338 e. The van der Waals surface area contributed by atoms with Crippen molar-refractivity contribution in [3.8, 4) is 0 Å². The number of carbonyl (C=O) groups excluding carboxylic acids is 1. The Kier molecular flexibility index (Phi) is 7.97. The molecule has 3 heteroatoms. The van der Waals surface area contributed by atoms with Gasteiger partial charge in [0, 0.05) is 6.61 Å². The van der Waals surface area contributed by atoms with Crippen LogP contribution in [0.5, 0.6) is 0 Å². The van der Waals surface area contributed by atoms with E-state index in [0.717, 1.165) is 32.3 Å². The highest BCUT2D eigenvalue weighted by Gasteiger charge is 2.13. The lowest BCUT2D eigenvalue weighted by Gasteiger charge is -2.17. The van der Waals surface area contributed by atoms with Crippen molar-refractivity contribution >= 4 is 5.97 Å². The van der Waals surface area contributed by atoms with E-state index in [2.05, 4.69) is 13.8 Å². The summed E-state index contributed by atoms with van der Waals surface area (Å²) in [6.45, 7) is 6.97. The minimum Gasteiger partial charge on any atom is -0.459 e. The van der Waals surface area contributed by atoms with Gasteiger partial charge in [-0.1, -0.05) is 31.5 Å². The maximum atomic E-state index is 11.9. The number of hydrogen-bond acceptors (Lipinski definition) is 3. The van der Waals surface area contributed by atoms with E-state index in [1.54, 1.807) is 12.1 Å². The van der Waals surface area contributed by atoms with Crippen LogP contribution < -0.4 is 0 Å². The smallest absolute Gasteiger partial charge is 0.338 e. The van der Waals surface area contributed by atoms with Gasteiger partial charge in [0.2, 0.25) is 0 Å². The lowest BCUT2D eigenvalue weighted by molar-refractivity contribution is 0.0205. The predicted molar refractivity (Wildman–Crippen MR) is 80.9 cm³/mol. The Morgan fingerprint density at radius 3 is 2.40 bits per heavy atom. The average molecular weight is 278 g/mol. The standard InChI is InChI=1S/C17H26O3/c1-4-5-13-19-14(2)11-12-15(3)20-17(18)16-9-7-6-8-10-16/h6-10,14-15H,4-5,11-13H2,1-3H3/t14-,15+/m0/s1. The Bertz CT molecular complexity index is 375. The molecule has 1 aromatic rings. The largest absolute Gasteiger partial charge is 0.459 e. The first kappa shape index (κ1) is 16.7. The molecule has 0 spiro atoms. The van der Waals surface area contributed by atoms with Gasteiger partial charge < -0.3 is 9.47 Å². The fourth-order valence-corrected chi connectivity index (χ4v) is 1.87. The van der Waals surface area contributed by atoms with E-state index < -0.39 is 0 Å². The first-order valence-electron chi connectivity index (χ1n) is 7.51. The molecule has 0 amide bonds. The number of carbonyl (C=O) groups is 1. The number of unbranched alkanes of at least 4 members (excludes halogenated alkanes) is 1. The van der Waals surface area contributed by atoms with Crippen LogP contribution in [-0.4, -0.2) is 24.8 Å². The third kappa shape index (κ3) is 6.71. The molecule has 0 heterocycles. The SMILES string of the molecule is CCCCO[C@@H](C)CC[C@@H](C)OC(=O)c1ccccc1. The Labute approximate surface area is 122 Å². The van der Waals surface area contributed by atoms with E-state index >= 15 is 0 Å². The summed E-state index contributed by atoms with van der Waals surface area (Å²) in [5.41, 5.74) is 0.603. The first-order chi connectivity index (χ1) is 9.63. The summed E-state index contributed by atoms with van der Waals surface area (Å²) < 4.78 is 11.1. The average Bonchev–Trinajstić information content (AvgIpc) is 2.46. The van der Waals surface area contributed by atoms with E-state index in [1.165, 1.54) is 0 Å². The van der Waals surface area contributed by atoms with Crippen LogP contribution in [0.3, 0.4) is 0 Å². The Balaban J connectivity index is 2.23. The predicted octanol–water partition coefficient (Wildman–Crippen LogP) is 4.22.